The molecular formula is C15H11N3O2. The summed E-state index contributed by atoms with van der Waals surface area (Å²) in [4.78, 5) is 22.5. The van der Waals surface area contributed by atoms with Crippen LogP contribution in [0.2, 0.25) is 0 Å². The molecule has 0 aliphatic carbocycles. The number of rotatable bonds is 3. The second kappa shape index (κ2) is 4.97. The molecule has 0 atom stereocenters. The lowest BCUT2D eigenvalue weighted by Crippen LogP contribution is -1.95. The Balaban J connectivity index is 1.92. The van der Waals surface area contributed by atoms with Crippen LogP contribution in [0.15, 0.2) is 54.9 Å². The molecule has 2 N–H and O–H groups in total. The Kier molecular flexibility index (Phi) is 3.01. The number of pyridine rings is 1. The first-order valence-electron chi connectivity index (χ1n) is 6.04. The number of H-pyrrole nitrogens is 1. The van der Waals surface area contributed by atoms with Gasteiger partial charge in [0, 0.05) is 11.8 Å². The third-order valence-corrected chi connectivity index (χ3v) is 2.92. The molecule has 0 bridgehead atoms. The summed E-state index contributed by atoms with van der Waals surface area (Å²) >= 11 is 0. The van der Waals surface area contributed by atoms with Crippen LogP contribution in [-0.2, 0) is 0 Å². The van der Waals surface area contributed by atoms with Crippen LogP contribution in [0.5, 0.6) is 0 Å². The van der Waals surface area contributed by atoms with Gasteiger partial charge in [-0.25, -0.2) is 9.78 Å². The largest absolute Gasteiger partial charge is 0.478 e. The van der Waals surface area contributed by atoms with Gasteiger partial charge in [-0.05, 0) is 24.3 Å². The van der Waals surface area contributed by atoms with E-state index in [1.54, 1.807) is 36.7 Å². The van der Waals surface area contributed by atoms with Crippen molar-refractivity contribution in [3.8, 4) is 22.8 Å². The van der Waals surface area contributed by atoms with Crippen LogP contribution in [0, 0.1) is 0 Å². The third-order valence-electron chi connectivity index (χ3n) is 2.92. The lowest BCUT2D eigenvalue weighted by molar-refractivity contribution is 0.0697. The molecule has 98 valence electrons. The molecule has 3 rings (SSSR count). The molecule has 20 heavy (non-hydrogen) atoms. The van der Waals surface area contributed by atoms with Crippen LogP contribution in [0.1, 0.15) is 10.4 Å². The number of aromatic nitrogens is 3. The van der Waals surface area contributed by atoms with Crippen molar-refractivity contribution in [3.63, 3.8) is 0 Å². The Morgan fingerprint density at radius 2 is 1.85 bits per heavy atom. The molecule has 0 fully saturated rings. The molecule has 5 heteroatoms. The predicted octanol–water partition coefficient (Wildman–Crippen LogP) is 2.84. The van der Waals surface area contributed by atoms with Crippen LogP contribution < -0.4 is 0 Å². The van der Waals surface area contributed by atoms with Crippen LogP contribution >= 0.6 is 0 Å². The number of carboxylic acid groups (broad SMARTS) is 1. The van der Waals surface area contributed by atoms with Gasteiger partial charge in [0.15, 0.2) is 0 Å². The number of benzene rings is 1. The van der Waals surface area contributed by atoms with Gasteiger partial charge in [0.05, 0.1) is 23.1 Å². The Labute approximate surface area is 115 Å². The average molecular weight is 265 g/mol. The van der Waals surface area contributed by atoms with Crippen molar-refractivity contribution >= 4 is 5.97 Å². The maximum atomic E-state index is 10.8. The van der Waals surface area contributed by atoms with E-state index < -0.39 is 5.97 Å². The minimum absolute atomic E-state index is 0.255. The molecular weight excluding hydrogens is 254 g/mol. The van der Waals surface area contributed by atoms with E-state index in [0.29, 0.717) is 5.82 Å². The summed E-state index contributed by atoms with van der Waals surface area (Å²) in [6.07, 6.45) is 3.43. The number of nitrogens with one attached hydrogen (secondary N) is 1. The van der Waals surface area contributed by atoms with E-state index in [4.69, 9.17) is 5.11 Å². The van der Waals surface area contributed by atoms with E-state index in [2.05, 4.69) is 15.0 Å². The summed E-state index contributed by atoms with van der Waals surface area (Å²) in [7, 11) is 0. The molecule has 3 aromatic rings. The number of nitrogens with zero attached hydrogens (tertiary/aromatic N) is 2. The monoisotopic (exact) mass is 265 g/mol. The second-order valence-corrected chi connectivity index (χ2v) is 4.24. The van der Waals surface area contributed by atoms with Gasteiger partial charge < -0.3 is 10.1 Å². The number of hydrogen-bond donors (Lipinski definition) is 2. The molecule has 5 nitrogen and oxygen atoms in total. The third kappa shape index (κ3) is 2.29. The molecule has 0 saturated carbocycles. The Morgan fingerprint density at radius 3 is 2.50 bits per heavy atom. The van der Waals surface area contributed by atoms with Gasteiger partial charge in [-0.2, -0.15) is 0 Å². The molecule has 2 aromatic heterocycles. The number of carbonyl (C=O) groups is 1. The highest BCUT2D eigenvalue weighted by Gasteiger charge is 2.07. The van der Waals surface area contributed by atoms with Crippen molar-refractivity contribution in [2.75, 3.05) is 0 Å². The molecule has 0 aliphatic rings. The smallest absolute Gasteiger partial charge is 0.335 e. The molecule has 0 radical (unpaired) electrons. The highest BCUT2D eigenvalue weighted by molar-refractivity contribution is 5.88. The summed E-state index contributed by atoms with van der Waals surface area (Å²) in [5, 5.41) is 8.87. The molecule has 0 unspecified atom stereocenters. The maximum Gasteiger partial charge on any atom is 0.335 e. The second-order valence-electron chi connectivity index (χ2n) is 4.24. The lowest BCUT2D eigenvalue weighted by atomic mass is 10.1. The highest BCUT2D eigenvalue weighted by Crippen LogP contribution is 2.20. The zero-order valence-corrected chi connectivity index (χ0v) is 10.4. The van der Waals surface area contributed by atoms with Crippen LogP contribution in [0.3, 0.4) is 0 Å². The summed E-state index contributed by atoms with van der Waals surface area (Å²) in [5.41, 5.74) is 2.72. The lowest BCUT2D eigenvalue weighted by Gasteiger charge is -1.98. The first kappa shape index (κ1) is 12.1. The fourth-order valence-corrected chi connectivity index (χ4v) is 1.89. The first-order chi connectivity index (χ1) is 9.74. The van der Waals surface area contributed by atoms with Crippen LogP contribution in [0.25, 0.3) is 22.8 Å². The average Bonchev–Trinajstić information content (AvgIpc) is 2.98. The van der Waals surface area contributed by atoms with Crippen molar-refractivity contribution in [1.29, 1.82) is 0 Å². The van der Waals surface area contributed by atoms with Gasteiger partial charge in [-0.1, -0.05) is 18.2 Å². The molecule has 0 aliphatic heterocycles. The summed E-state index contributed by atoms with van der Waals surface area (Å²) in [6, 6.07) is 12.2. The minimum Gasteiger partial charge on any atom is -0.478 e. The maximum absolute atomic E-state index is 10.8. The SMILES string of the molecule is O=C(O)c1ccc(-c2ncc(-c3ccccn3)[nH]2)cc1. The highest BCUT2D eigenvalue weighted by atomic mass is 16.4. The number of carboxylic acids is 1. The van der Waals surface area contributed by atoms with Crippen LogP contribution in [-0.4, -0.2) is 26.0 Å². The number of aromatic amines is 1. The quantitative estimate of drug-likeness (QED) is 0.763. The minimum atomic E-state index is -0.940. The van der Waals surface area contributed by atoms with E-state index >= 15 is 0 Å². The molecule has 2 heterocycles. The molecule has 0 amide bonds. The van der Waals surface area contributed by atoms with Crippen molar-refractivity contribution in [2.45, 2.75) is 0 Å². The van der Waals surface area contributed by atoms with Crippen molar-refractivity contribution in [2.24, 2.45) is 0 Å². The Morgan fingerprint density at radius 1 is 1.05 bits per heavy atom. The van der Waals surface area contributed by atoms with Gasteiger partial charge in [-0.3, -0.25) is 4.98 Å². The summed E-state index contributed by atoms with van der Waals surface area (Å²) < 4.78 is 0. The summed E-state index contributed by atoms with van der Waals surface area (Å²) in [6.45, 7) is 0. The zero-order chi connectivity index (χ0) is 13.9. The van der Waals surface area contributed by atoms with Crippen molar-refractivity contribution < 1.29 is 9.90 Å². The predicted molar refractivity (Wildman–Crippen MR) is 74.2 cm³/mol. The topological polar surface area (TPSA) is 78.9 Å². The van der Waals surface area contributed by atoms with Gasteiger partial charge in [0.1, 0.15) is 5.82 Å². The van der Waals surface area contributed by atoms with E-state index in [9.17, 15) is 4.79 Å². The zero-order valence-electron chi connectivity index (χ0n) is 10.4. The van der Waals surface area contributed by atoms with Gasteiger partial charge in [0.25, 0.3) is 0 Å². The first-order valence-corrected chi connectivity index (χ1v) is 6.04. The van der Waals surface area contributed by atoms with E-state index in [1.165, 1.54) is 0 Å². The van der Waals surface area contributed by atoms with Gasteiger partial charge in [0.2, 0.25) is 0 Å². The Hall–Kier alpha value is -2.95. The van der Waals surface area contributed by atoms with Crippen molar-refractivity contribution in [1.82, 2.24) is 15.0 Å². The van der Waals surface area contributed by atoms with Crippen molar-refractivity contribution in [3.05, 3.63) is 60.4 Å². The van der Waals surface area contributed by atoms with Gasteiger partial charge in [-0.15, -0.1) is 0 Å². The van der Waals surface area contributed by atoms with E-state index in [1.807, 2.05) is 18.2 Å². The van der Waals surface area contributed by atoms with E-state index in [-0.39, 0.29) is 5.56 Å². The summed E-state index contributed by atoms with van der Waals surface area (Å²) in [5.74, 6) is -0.257. The number of hydrogen-bond acceptors (Lipinski definition) is 3. The Bertz CT molecular complexity index is 733. The number of aromatic carboxylic acids is 1. The number of imidazole rings is 1. The fraction of sp³-hybridized carbons (Fsp3) is 0. The standard InChI is InChI=1S/C15H11N3O2/c19-15(20)11-6-4-10(5-7-11)14-17-9-13(18-14)12-3-1-2-8-16-12/h1-9H,(H,17,18)(H,19,20). The normalized spacial score (nSPS) is 10.4. The fourth-order valence-electron chi connectivity index (χ4n) is 1.89. The molecule has 0 spiro atoms. The van der Waals surface area contributed by atoms with Gasteiger partial charge >= 0.3 is 5.97 Å². The van der Waals surface area contributed by atoms with Crippen LogP contribution in [0.4, 0.5) is 0 Å². The molecule has 0 saturated heterocycles. The molecule has 1 aromatic carbocycles. The van der Waals surface area contributed by atoms with E-state index in [0.717, 1.165) is 17.0 Å².